The van der Waals surface area contributed by atoms with Crippen molar-refractivity contribution in [2.45, 2.75) is 0 Å². The summed E-state index contributed by atoms with van der Waals surface area (Å²) in [6, 6.07) is 11.5. The van der Waals surface area contributed by atoms with Gasteiger partial charge in [0, 0.05) is 5.56 Å². The van der Waals surface area contributed by atoms with Gasteiger partial charge >= 0.3 is 0 Å². The predicted molar refractivity (Wildman–Crippen MR) is 83.2 cm³/mol. The van der Waals surface area contributed by atoms with Crippen molar-refractivity contribution in [3.05, 3.63) is 71.0 Å². The molecule has 3 heterocycles. The lowest BCUT2D eigenvalue weighted by Gasteiger charge is -2.22. The van der Waals surface area contributed by atoms with Crippen molar-refractivity contribution in [1.29, 1.82) is 0 Å². The van der Waals surface area contributed by atoms with Gasteiger partial charge in [0.25, 0.3) is 5.88 Å². The molecule has 4 rings (SSSR count). The molecule has 0 fully saturated rings. The Hall–Kier alpha value is -2.54. The van der Waals surface area contributed by atoms with Crippen LogP contribution in [-0.2, 0) is 0 Å². The molecule has 0 atom stereocenters. The van der Waals surface area contributed by atoms with Crippen LogP contribution in [0.1, 0.15) is 5.56 Å². The van der Waals surface area contributed by atoms with E-state index in [4.69, 9.17) is 11.6 Å². The summed E-state index contributed by atoms with van der Waals surface area (Å²) >= 11 is 5.81. The van der Waals surface area contributed by atoms with Crippen molar-refractivity contribution in [2.24, 2.45) is 0 Å². The molecule has 22 heavy (non-hydrogen) atoms. The Morgan fingerprint density at radius 1 is 1.05 bits per heavy atom. The van der Waals surface area contributed by atoms with Gasteiger partial charge in [-0.25, -0.2) is 4.98 Å². The molecule has 0 bridgehead atoms. The van der Waals surface area contributed by atoms with E-state index < -0.39 is 0 Å². The molecule has 2 aromatic rings. The molecule has 0 unspecified atom stereocenters. The van der Waals surface area contributed by atoms with Gasteiger partial charge in [0.05, 0.1) is 6.20 Å². The molecule has 0 aliphatic carbocycles. The van der Waals surface area contributed by atoms with Gasteiger partial charge < -0.3 is 10.6 Å². The molecule has 7 heteroatoms. The lowest BCUT2D eigenvalue weighted by Crippen LogP contribution is -2.99. The Balaban J connectivity index is 0.00000144. The number of aliphatic hydroxyl groups excluding tert-OH is 1. The number of pyridine rings is 1. The van der Waals surface area contributed by atoms with E-state index in [0.29, 0.717) is 5.15 Å². The molecule has 1 aromatic carbocycles. The van der Waals surface area contributed by atoms with Crippen molar-refractivity contribution in [1.82, 2.24) is 4.98 Å². The molecule has 0 radical (unpaired) electrons. The number of hydrogen-bond acceptors (Lipinski definition) is 5. The van der Waals surface area contributed by atoms with Crippen LogP contribution in [0.5, 0.6) is 0 Å². The van der Waals surface area contributed by atoms with Crippen molar-refractivity contribution >= 4 is 29.1 Å². The van der Waals surface area contributed by atoms with E-state index in [-0.39, 0.29) is 11.4 Å². The Morgan fingerprint density at radius 3 is 2.64 bits per heavy atom. The van der Waals surface area contributed by atoms with Gasteiger partial charge in [-0.1, -0.05) is 35.9 Å². The fourth-order valence-corrected chi connectivity index (χ4v) is 2.64. The number of nitrogens with zero attached hydrogens (tertiary/aromatic N) is 3. The summed E-state index contributed by atoms with van der Waals surface area (Å²) in [7, 11) is 0. The molecule has 112 valence electrons. The third kappa shape index (κ3) is 2.10. The number of nitrogens with two attached hydrogens (primary N) is 1. The first-order valence-electron chi connectivity index (χ1n) is 6.49. The molecule has 0 saturated heterocycles. The van der Waals surface area contributed by atoms with Crippen molar-refractivity contribution in [3.63, 3.8) is 0 Å². The van der Waals surface area contributed by atoms with Crippen LogP contribution in [0, 0.1) is 0 Å². The number of benzene rings is 1. The Kier molecular flexibility index (Phi) is 3.50. The number of rotatable bonds is 1. The van der Waals surface area contributed by atoms with Gasteiger partial charge in [0.15, 0.2) is 5.70 Å². The summed E-state index contributed by atoms with van der Waals surface area (Å²) < 4.78 is 0. The normalized spacial score (nSPS) is 15.5. The van der Waals surface area contributed by atoms with E-state index >= 15 is 0 Å². The highest BCUT2D eigenvalue weighted by Crippen LogP contribution is 2.32. The first kappa shape index (κ1) is 14.4. The Labute approximate surface area is 131 Å². The summed E-state index contributed by atoms with van der Waals surface area (Å²) in [6.07, 6.45) is 5.52. The SMILES string of the molecule is OC1=C2C=Cc3ccccc3N2[NH2+]N1c1ccc(Cl)nc1.[OH-]. The highest BCUT2D eigenvalue weighted by atomic mass is 35.5. The van der Waals surface area contributed by atoms with Gasteiger partial charge in [0.2, 0.25) is 0 Å². The number of quaternary nitrogens is 1. The van der Waals surface area contributed by atoms with E-state index in [1.807, 2.05) is 53.0 Å². The lowest BCUT2D eigenvalue weighted by atomic mass is 10.1. The zero-order valence-corrected chi connectivity index (χ0v) is 12.1. The second kappa shape index (κ2) is 5.34. The average Bonchev–Trinajstić information content (AvgIpc) is 2.86. The van der Waals surface area contributed by atoms with E-state index in [1.165, 1.54) is 0 Å². The molecular formula is C15H13ClN4O2. The molecule has 6 nitrogen and oxygen atoms in total. The minimum Gasteiger partial charge on any atom is -0.870 e. The number of aliphatic hydroxyl groups is 1. The van der Waals surface area contributed by atoms with Crippen LogP contribution in [-0.4, -0.2) is 15.6 Å². The Morgan fingerprint density at radius 2 is 1.86 bits per heavy atom. The number of para-hydroxylation sites is 1. The highest BCUT2D eigenvalue weighted by Gasteiger charge is 2.36. The fourth-order valence-electron chi connectivity index (χ4n) is 2.53. The third-order valence-electron chi connectivity index (χ3n) is 3.55. The summed E-state index contributed by atoms with van der Waals surface area (Å²) in [5.41, 5.74) is 5.48. The molecule has 0 saturated carbocycles. The average molecular weight is 317 g/mol. The predicted octanol–water partition coefficient (Wildman–Crippen LogP) is 2.03. The number of fused-ring (bicyclic) bond motifs is 3. The number of halogens is 1. The molecule has 2 aliphatic rings. The summed E-state index contributed by atoms with van der Waals surface area (Å²) in [5, 5.41) is 14.5. The maximum Gasteiger partial charge on any atom is 0.271 e. The maximum absolute atomic E-state index is 10.5. The second-order valence-electron chi connectivity index (χ2n) is 4.80. The maximum atomic E-state index is 10.5. The monoisotopic (exact) mass is 316 g/mol. The third-order valence-corrected chi connectivity index (χ3v) is 3.78. The van der Waals surface area contributed by atoms with Gasteiger partial charge in [-0.15, -0.1) is 10.5 Å². The van der Waals surface area contributed by atoms with E-state index in [9.17, 15) is 5.11 Å². The van der Waals surface area contributed by atoms with Crippen LogP contribution in [0.2, 0.25) is 5.15 Å². The minimum absolute atomic E-state index is 0. The summed E-state index contributed by atoms with van der Waals surface area (Å²) in [5.74, 6) is 0.171. The number of aromatic nitrogens is 1. The molecule has 2 aliphatic heterocycles. The van der Waals surface area contributed by atoms with Crippen LogP contribution in [0.3, 0.4) is 0 Å². The second-order valence-corrected chi connectivity index (χ2v) is 5.18. The van der Waals surface area contributed by atoms with Crippen molar-refractivity contribution in [3.8, 4) is 0 Å². The van der Waals surface area contributed by atoms with Gasteiger partial charge in [-0.05, 0) is 24.3 Å². The van der Waals surface area contributed by atoms with Crippen LogP contribution in [0.25, 0.3) is 6.08 Å². The smallest absolute Gasteiger partial charge is 0.271 e. The van der Waals surface area contributed by atoms with Gasteiger partial charge in [0.1, 0.15) is 16.5 Å². The Bertz CT molecular complexity index is 773. The van der Waals surface area contributed by atoms with Crippen LogP contribution < -0.4 is 15.6 Å². The molecule has 0 spiro atoms. The van der Waals surface area contributed by atoms with Crippen LogP contribution >= 0.6 is 11.6 Å². The van der Waals surface area contributed by atoms with Gasteiger partial charge in [-0.2, -0.15) is 5.01 Å². The zero-order valence-electron chi connectivity index (χ0n) is 11.4. The fraction of sp³-hybridized carbons (Fsp3) is 0. The first-order chi connectivity index (χ1) is 10.2. The first-order valence-corrected chi connectivity index (χ1v) is 6.87. The molecule has 1 aromatic heterocycles. The van der Waals surface area contributed by atoms with E-state index in [2.05, 4.69) is 4.98 Å². The highest BCUT2D eigenvalue weighted by molar-refractivity contribution is 6.29. The minimum atomic E-state index is 0. The number of anilines is 2. The lowest BCUT2D eigenvalue weighted by molar-refractivity contribution is -0.661. The molecule has 4 N–H and O–H groups in total. The summed E-state index contributed by atoms with van der Waals surface area (Å²) in [4.78, 5) is 4.05. The van der Waals surface area contributed by atoms with Crippen molar-refractivity contribution in [2.75, 3.05) is 10.0 Å². The van der Waals surface area contributed by atoms with Crippen LogP contribution in [0.4, 0.5) is 11.4 Å². The van der Waals surface area contributed by atoms with Crippen LogP contribution in [0.15, 0.2) is 60.3 Å². The van der Waals surface area contributed by atoms with E-state index in [1.54, 1.807) is 17.3 Å². The zero-order chi connectivity index (χ0) is 14.4. The standard InChI is InChI=1S/C15H11ClN4O.H2O/c16-14-8-6-11(9-17-14)19-15(21)13-7-5-10-3-1-2-4-12(10)20(13)18-19;/h1-9,18,21H;1H2. The van der Waals surface area contributed by atoms with Crippen molar-refractivity contribution < 1.29 is 16.1 Å². The molecule has 0 amide bonds. The van der Waals surface area contributed by atoms with E-state index in [0.717, 1.165) is 22.6 Å². The molecular weight excluding hydrogens is 304 g/mol. The topological polar surface area (TPSA) is 86.2 Å². The van der Waals surface area contributed by atoms with Gasteiger partial charge in [-0.3, -0.25) is 0 Å². The summed E-state index contributed by atoms with van der Waals surface area (Å²) in [6.45, 7) is 0. The number of hydrogen-bond donors (Lipinski definition) is 2. The number of allylic oxidation sites excluding steroid dienone is 1. The quantitative estimate of drug-likeness (QED) is 0.621. The largest absolute Gasteiger partial charge is 0.870 e.